The molecule has 2 aliphatic heterocycles. The van der Waals surface area contributed by atoms with Crippen molar-refractivity contribution in [2.45, 2.75) is 52.2 Å². The minimum absolute atomic E-state index is 0.0677. The molecule has 2 atom stereocenters. The zero-order chi connectivity index (χ0) is 20.5. The molecule has 6 nitrogen and oxygen atoms in total. The van der Waals surface area contributed by atoms with Gasteiger partial charge in [0.1, 0.15) is 0 Å². The molecule has 162 valence electrons. The Morgan fingerprint density at radius 3 is 2.69 bits per heavy atom. The van der Waals surface area contributed by atoms with Crippen molar-refractivity contribution in [3.8, 4) is 0 Å². The SMILES string of the molecule is CCOC(=O)/C=C(/C1=CC2CCC3(OCC(C)(C)CO3)C(C1)C2)N1CCOCC1. The molecule has 0 aromatic heterocycles. The van der Waals surface area contributed by atoms with Gasteiger partial charge in [-0.25, -0.2) is 4.79 Å². The van der Waals surface area contributed by atoms with E-state index in [9.17, 15) is 4.79 Å². The molecule has 2 bridgehead atoms. The number of ether oxygens (including phenoxy) is 4. The summed E-state index contributed by atoms with van der Waals surface area (Å²) >= 11 is 0. The third-order valence-electron chi connectivity index (χ3n) is 6.61. The van der Waals surface area contributed by atoms with Gasteiger partial charge in [0.15, 0.2) is 5.79 Å². The molecule has 2 unspecified atom stereocenters. The summed E-state index contributed by atoms with van der Waals surface area (Å²) in [6.45, 7) is 11.0. The molecule has 2 heterocycles. The van der Waals surface area contributed by atoms with Crippen LogP contribution in [0, 0.1) is 17.3 Å². The Morgan fingerprint density at radius 1 is 1.28 bits per heavy atom. The van der Waals surface area contributed by atoms with Gasteiger partial charge in [0.25, 0.3) is 0 Å². The van der Waals surface area contributed by atoms with Crippen LogP contribution in [0.2, 0.25) is 0 Å². The number of hydrogen-bond acceptors (Lipinski definition) is 6. The van der Waals surface area contributed by atoms with Crippen LogP contribution >= 0.6 is 0 Å². The monoisotopic (exact) mass is 405 g/mol. The van der Waals surface area contributed by atoms with E-state index in [1.807, 2.05) is 6.92 Å². The van der Waals surface area contributed by atoms with Crippen LogP contribution < -0.4 is 0 Å². The molecule has 6 heteroatoms. The largest absolute Gasteiger partial charge is 0.463 e. The first-order chi connectivity index (χ1) is 13.9. The maximum atomic E-state index is 12.3. The zero-order valence-electron chi connectivity index (χ0n) is 18.1. The topological polar surface area (TPSA) is 57.2 Å². The van der Waals surface area contributed by atoms with Crippen LogP contribution in [0.1, 0.15) is 46.5 Å². The Bertz CT molecular complexity index is 667. The Morgan fingerprint density at radius 2 is 2.00 bits per heavy atom. The van der Waals surface area contributed by atoms with E-state index in [1.54, 1.807) is 6.08 Å². The van der Waals surface area contributed by atoms with Crippen LogP contribution in [0.4, 0.5) is 0 Å². The van der Waals surface area contributed by atoms with Crippen molar-refractivity contribution >= 4 is 5.97 Å². The highest BCUT2D eigenvalue weighted by atomic mass is 16.7. The number of nitrogens with zero attached hydrogens (tertiary/aromatic N) is 1. The highest BCUT2D eigenvalue weighted by Gasteiger charge is 2.51. The number of fused-ring (bicyclic) bond motifs is 3. The molecule has 0 aromatic carbocycles. The van der Waals surface area contributed by atoms with Gasteiger partial charge in [-0.1, -0.05) is 19.9 Å². The molecular formula is C23H35NO5. The average Bonchev–Trinajstić information content (AvgIpc) is 2.72. The number of allylic oxidation sites excluding steroid dienone is 2. The van der Waals surface area contributed by atoms with E-state index in [0.29, 0.717) is 31.7 Å². The number of rotatable bonds is 4. The van der Waals surface area contributed by atoms with Crippen molar-refractivity contribution in [2.24, 2.45) is 17.3 Å². The van der Waals surface area contributed by atoms with Gasteiger partial charge in [-0.2, -0.15) is 0 Å². The molecule has 0 N–H and O–H groups in total. The molecule has 4 rings (SSSR count). The molecule has 3 fully saturated rings. The van der Waals surface area contributed by atoms with Gasteiger partial charge in [-0.3, -0.25) is 0 Å². The molecule has 2 aliphatic carbocycles. The first-order valence-electron chi connectivity index (χ1n) is 11.1. The number of esters is 1. The van der Waals surface area contributed by atoms with E-state index in [-0.39, 0.29) is 11.4 Å². The number of carbonyl (C=O) groups excluding carboxylic acids is 1. The average molecular weight is 406 g/mol. The molecule has 0 amide bonds. The van der Waals surface area contributed by atoms with E-state index >= 15 is 0 Å². The second kappa shape index (κ2) is 8.40. The van der Waals surface area contributed by atoms with E-state index < -0.39 is 5.79 Å². The fourth-order valence-electron chi connectivity index (χ4n) is 5.04. The Kier molecular flexibility index (Phi) is 6.05. The summed E-state index contributed by atoms with van der Waals surface area (Å²) in [5.41, 5.74) is 2.30. The summed E-state index contributed by atoms with van der Waals surface area (Å²) in [6.07, 6.45) is 8.06. The van der Waals surface area contributed by atoms with Crippen molar-refractivity contribution in [2.75, 3.05) is 46.1 Å². The van der Waals surface area contributed by atoms with E-state index in [0.717, 1.165) is 57.7 Å². The predicted octanol–water partition coefficient (Wildman–Crippen LogP) is 3.28. The Hall–Kier alpha value is -1.37. The zero-order valence-corrected chi connectivity index (χ0v) is 18.1. The minimum Gasteiger partial charge on any atom is -0.463 e. The summed E-state index contributed by atoms with van der Waals surface area (Å²) in [5.74, 6) is 0.102. The van der Waals surface area contributed by atoms with Gasteiger partial charge < -0.3 is 23.8 Å². The van der Waals surface area contributed by atoms with Crippen LogP contribution in [-0.2, 0) is 23.7 Å². The first kappa shape index (κ1) is 20.9. The minimum atomic E-state index is -0.467. The van der Waals surface area contributed by atoms with Crippen LogP contribution in [0.3, 0.4) is 0 Å². The quantitative estimate of drug-likeness (QED) is 0.528. The molecule has 0 radical (unpaired) electrons. The van der Waals surface area contributed by atoms with E-state index in [4.69, 9.17) is 18.9 Å². The van der Waals surface area contributed by atoms with Crippen molar-refractivity contribution < 1.29 is 23.7 Å². The second-order valence-corrected chi connectivity index (χ2v) is 9.56. The summed E-state index contributed by atoms with van der Waals surface area (Å²) in [6, 6.07) is 0. The smallest absolute Gasteiger partial charge is 0.332 e. The molecule has 0 aromatic rings. The van der Waals surface area contributed by atoms with E-state index in [2.05, 4.69) is 24.8 Å². The maximum Gasteiger partial charge on any atom is 0.332 e. The highest BCUT2D eigenvalue weighted by molar-refractivity contribution is 5.83. The number of hydrogen-bond donors (Lipinski definition) is 0. The van der Waals surface area contributed by atoms with Crippen LogP contribution in [0.25, 0.3) is 0 Å². The molecule has 29 heavy (non-hydrogen) atoms. The molecule has 4 aliphatic rings. The molecule has 2 saturated heterocycles. The molecule has 1 spiro atoms. The standard InChI is InChI=1S/C23H35NO5/c1-4-27-21(25)14-20(24-7-9-26-10-8-24)18-11-17-5-6-23(19(12-17)13-18)28-15-22(2,3)16-29-23/h11,14,17,19H,4-10,12-13,15-16H2,1-3H3/b20-14-. The second-order valence-electron chi connectivity index (χ2n) is 9.56. The Labute approximate surface area is 174 Å². The highest BCUT2D eigenvalue weighted by Crippen LogP contribution is 2.51. The van der Waals surface area contributed by atoms with Gasteiger partial charge in [-0.15, -0.1) is 0 Å². The summed E-state index contributed by atoms with van der Waals surface area (Å²) in [4.78, 5) is 14.6. The fourth-order valence-corrected chi connectivity index (χ4v) is 5.04. The molecular weight excluding hydrogens is 370 g/mol. The molecule has 1 saturated carbocycles. The lowest BCUT2D eigenvalue weighted by Gasteiger charge is -2.52. The lowest BCUT2D eigenvalue weighted by molar-refractivity contribution is -0.335. The van der Waals surface area contributed by atoms with E-state index in [1.165, 1.54) is 5.57 Å². The lowest BCUT2D eigenvalue weighted by atomic mass is 9.68. The van der Waals surface area contributed by atoms with Gasteiger partial charge in [-0.05, 0) is 37.7 Å². The summed E-state index contributed by atoms with van der Waals surface area (Å²) in [7, 11) is 0. The van der Waals surface area contributed by atoms with Crippen molar-refractivity contribution in [3.05, 3.63) is 23.4 Å². The fraction of sp³-hybridized carbons (Fsp3) is 0.783. The van der Waals surface area contributed by atoms with Crippen LogP contribution in [0.15, 0.2) is 23.4 Å². The van der Waals surface area contributed by atoms with Crippen molar-refractivity contribution in [1.82, 2.24) is 4.90 Å². The number of carbonyl (C=O) groups is 1. The van der Waals surface area contributed by atoms with Gasteiger partial charge in [0.05, 0.1) is 33.0 Å². The van der Waals surface area contributed by atoms with Crippen LogP contribution in [0.5, 0.6) is 0 Å². The Balaban J connectivity index is 1.57. The maximum absolute atomic E-state index is 12.3. The van der Waals surface area contributed by atoms with Crippen LogP contribution in [-0.4, -0.2) is 62.8 Å². The third-order valence-corrected chi connectivity index (χ3v) is 6.61. The summed E-state index contributed by atoms with van der Waals surface area (Å²) in [5, 5.41) is 0. The summed E-state index contributed by atoms with van der Waals surface area (Å²) < 4.78 is 23.6. The van der Waals surface area contributed by atoms with Gasteiger partial charge in [0.2, 0.25) is 0 Å². The normalized spacial score (nSPS) is 31.3. The third kappa shape index (κ3) is 4.54. The first-order valence-corrected chi connectivity index (χ1v) is 11.1. The number of morpholine rings is 1. The lowest BCUT2D eigenvalue weighted by Crippen LogP contribution is -2.55. The van der Waals surface area contributed by atoms with Gasteiger partial charge >= 0.3 is 5.97 Å². The van der Waals surface area contributed by atoms with Crippen molar-refractivity contribution in [3.63, 3.8) is 0 Å². The van der Waals surface area contributed by atoms with Crippen molar-refractivity contribution in [1.29, 1.82) is 0 Å². The van der Waals surface area contributed by atoms with Gasteiger partial charge in [0, 0.05) is 42.6 Å². The predicted molar refractivity (Wildman–Crippen MR) is 109 cm³/mol.